The van der Waals surface area contributed by atoms with Crippen LogP contribution in [0.4, 0.5) is 54.5 Å². The van der Waals surface area contributed by atoms with E-state index in [9.17, 15) is 21.6 Å². The van der Waals surface area contributed by atoms with Gasteiger partial charge in [-0.15, -0.1) is 0 Å². The predicted molar refractivity (Wildman–Crippen MR) is 386 cm³/mol. The Balaban J connectivity index is 0.000000176. The molecule has 0 aliphatic carbocycles. The predicted octanol–water partition coefficient (Wildman–Crippen LogP) is 14.5. The molecule has 0 bridgehead atoms. The van der Waals surface area contributed by atoms with E-state index in [1.54, 1.807) is 62.7 Å². The molecule has 0 atom stereocenters. The van der Waals surface area contributed by atoms with Crippen molar-refractivity contribution in [3.8, 4) is 67.8 Å². The molecule has 0 saturated heterocycles. The molecule has 6 aromatic carbocycles. The number of ether oxygens (including phenoxy) is 2. The van der Waals surface area contributed by atoms with Crippen LogP contribution in [0.1, 0.15) is 55.4 Å². The first-order valence-electron chi connectivity index (χ1n) is 30.4. The summed E-state index contributed by atoms with van der Waals surface area (Å²) in [6.07, 6.45) is 5.11. The number of halogens is 6. The van der Waals surface area contributed by atoms with Crippen LogP contribution in [0.25, 0.3) is 56.3 Å². The highest BCUT2D eigenvalue weighted by atomic mass is 35.5. The number of rotatable bonds is 17. The van der Waals surface area contributed by atoms with Crippen LogP contribution >= 0.6 is 34.8 Å². The minimum Gasteiger partial charge on any atom is -0.496 e. The average Bonchev–Trinajstić information content (AvgIpc) is 1.16. The van der Waals surface area contributed by atoms with Crippen molar-refractivity contribution in [2.45, 2.75) is 64.7 Å². The number of hydrogen-bond donors (Lipinski definition) is 7. The van der Waals surface area contributed by atoms with Gasteiger partial charge in [-0.25, -0.2) is 61.5 Å². The maximum absolute atomic E-state index is 13.5. The highest BCUT2D eigenvalue weighted by molar-refractivity contribution is 7.90. The van der Waals surface area contributed by atoms with Crippen molar-refractivity contribution in [3.05, 3.63) is 212 Å². The van der Waals surface area contributed by atoms with Gasteiger partial charge in [0.1, 0.15) is 40.6 Å². The molecule has 11 aromatic rings. The van der Waals surface area contributed by atoms with Gasteiger partial charge in [0.25, 0.3) is 0 Å². The molecule has 21 nitrogen and oxygen atoms in total. The van der Waals surface area contributed by atoms with Crippen molar-refractivity contribution in [2.75, 3.05) is 73.4 Å². The summed E-state index contributed by atoms with van der Waals surface area (Å²) in [5, 5.41) is 7.51. The molecule has 0 unspecified atom stereocenters. The average molecular weight is 1410 g/mol. The van der Waals surface area contributed by atoms with Crippen molar-refractivity contribution in [1.29, 1.82) is 0 Å². The fraction of sp³-hybridized carbons (Fsp3) is 0.200. The number of anilines is 7. The van der Waals surface area contributed by atoms with E-state index in [1.807, 2.05) is 94.4 Å². The van der Waals surface area contributed by atoms with Gasteiger partial charge >= 0.3 is 0 Å². The Labute approximate surface area is 581 Å². The highest BCUT2D eigenvalue weighted by Gasteiger charge is 2.16. The topological polar surface area (TPSA) is 336 Å². The molecular weight excluding hydrogens is 1340 g/mol. The number of hydrogen-bond acceptors (Lipinski definition) is 21. The van der Waals surface area contributed by atoms with E-state index in [0.717, 1.165) is 101 Å². The summed E-state index contributed by atoms with van der Waals surface area (Å²) in [4.78, 5) is 41.5. The third kappa shape index (κ3) is 21.5. The number of aromatic nitrogens is 10. The number of nitrogens with one attached hydrogen (secondary N) is 2. The molecule has 510 valence electrons. The number of benzene rings is 6. The highest BCUT2D eigenvalue weighted by Crippen LogP contribution is 2.35. The number of methoxy groups -OCH3 is 2. The number of aryl methyl sites for hydroxylation is 5. The molecule has 0 radical (unpaired) electrons. The van der Waals surface area contributed by atoms with Crippen LogP contribution < -0.4 is 48.8 Å². The van der Waals surface area contributed by atoms with E-state index in [-0.39, 0.29) is 35.2 Å². The van der Waals surface area contributed by atoms with Crippen LogP contribution in [0.2, 0.25) is 15.1 Å². The van der Waals surface area contributed by atoms with Gasteiger partial charge in [0, 0.05) is 88.0 Å². The third-order valence-corrected chi connectivity index (χ3v) is 16.5. The molecule has 0 aliphatic heterocycles. The molecule has 0 saturated carbocycles. The molecule has 98 heavy (non-hydrogen) atoms. The van der Waals surface area contributed by atoms with Gasteiger partial charge in [0.2, 0.25) is 29.7 Å². The normalized spacial score (nSPS) is 10.7. The van der Waals surface area contributed by atoms with Crippen LogP contribution in [0.3, 0.4) is 0 Å². The van der Waals surface area contributed by atoms with E-state index in [2.05, 4.69) is 60.5 Å². The van der Waals surface area contributed by atoms with E-state index in [0.29, 0.717) is 78.1 Å². The maximum atomic E-state index is 13.5. The first kappa shape index (κ1) is 74.9. The molecule has 11 rings (SSSR count). The minimum atomic E-state index is -3.21. The summed E-state index contributed by atoms with van der Waals surface area (Å²) in [6.45, 7) is 8.67. The number of nitrogens with two attached hydrogens (primary N) is 5. The van der Waals surface area contributed by atoms with Crippen LogP contribution in [0, 0.1) is 24.4 Å². The second-order valence-electron chi connectivity index (χ2n) is 21.3. The van der Waals surface area contributed by atoms with Crippen LogP contribution in [0.15, 0.2) is 157 Å². The largest absolute Gasteiger partial charge is 0.496 e. The third-order valence-electron chi connectivity index (χ3n) is 14.2. The minimum absolute atomic E-state index is 0.0237. The lowest BCUT2D eigenvalue weighted by Crippen LogP contribution is -2.07. The molecule has 0 spiro atoms. The van der Waals surface area contributed by atoms with Crippen molar-refractivity contribution < 1.29 is 31.1 Å². The molecule has 0 amide bonds. The SMILES string of the molecule is CCc1cc(-c2cc(F)ccc2OC)nc(N)n1.CCc1cc(-c2ccc(OC)c(C)c2)nc(N)n1.CCc1cc(-c2ccccc2Cl)nc(N)n1.CNc1cc(-c2ccc(F)cc2F)nc(N)n1.CS(=O)(=O)c1cccc(CCCNc2cc(-c3cccc(Cl)c3Cl)nc(N)n2)c1. The van der Waals surface area contributed by atoms with Crippen molar-refractivity contribution in [3.63, 3.8) is 0 Å². The lowest BCUT2D eigenvalue weighted by Gasteiger charge is -2.10. The zero-order chi connectivity index (χ0) is 71.2. The standard InChI is InChI=1S/C20H20Cl2N4O2S.C14H17N3O.C13H14FN3O.C12H12ClN3.C11H10F2N4/c1-29(27,28)14-7-2-5-13(11-14)6-4-10-24-18-12-17(25-20(23)26-18)15-8-3-9-16(21)19(15)22;1-4-11-8-12(17-14(15)16-11)10-5-6-13(18-3)9(2)7-10;1-3-9-7-11(17-13(15)16-9)10-6-8(14)4-5-12(10)18-2;1-2-8-7-11(16-12(14)15-8)9-5-3-4-6-10(9)13;1-15-10-5-9(16-11(14)17-10)7-3-2-6(12)4-8(7)13/h2-3,5,7-9,11-12H,4,6,10H2,1H3,(H3,23,24,25,26);5-8H,4H2,1-3H3,(H2,15,16,17);4-7H,3H2,1-2H3,(H2,15,16,17);3-7H,2H2,1H3,(H2,14,15,16);2-5H,1H3,(H3,14,15,16,17). The van der Waals surface area contributed by atoms with Gasteiger partial charge in [-0.05, 0) is 141 Å². The first-order valence-corrected chi connectivity index (χ1v) is 33.4. The Morgan fingerprint density at radius 2 is 0.969 bits per heavy atom. The van der Waals surface area contributed by atoms with Gasteiger partial charge in [-0.1, -0.05) is 98.0 Å². The van der Waals surface area contributed by atoms with Gasteiger partial charge in [0.05, 0.1) is 57.6 Å². The summed E-state index contributed by atoms with van der Waals surface area (Å²) in [5.74, 6) is 1.73. The summed E-state index contributed by atoms with van der Waals surface area (Å²) in [6, 6.07) is 42.3. The zero-order valence-electron chi connectivity index (χ0n) is 54.8. The lowest BCUT2D eigenvalue weighted by molar-refractivity contribution is 0.412. The molecule has 5 heterocycles. The van der Waals surface area contributed by atoms with E-state index >= 15 is 0 Å². The van der Waals surface area contributed by atoms with Gasteiger partial charge in [-0.3, -0.25) is 0 Å². The zero-order valence-corrected chi connectivity index (χ0v) is 57.9. The first-order chi connectivity index (χ1) is 46.8. The van der Waals surface area contributed by atoms with Crippen molar-refractivity contribution >= 4 is 86.0 Å². The van der Waals surface area contributed by atoms with Crippen molar-refractivity contribution in [2.24, 2.45) is 0 Å². The molecule has 0 aliphatic rings. The molecule has 12 N–H and O–H groups in total. The van der Waals surface area contributed by atoms with E-state index in [1.165, 1.54) is 37.6 Å². The van der Waals surface area contributed by atoms with E-state index in [4.69, 9.17) is 72.9 Å². The Morgan fingerprint density at radius 3 is 1.54 bits per heavy atom. The van der Waals surface area contributed by atoms with Gasteiger partial charge in [0.15, 0.2) is 9.84 Å². The second-order valence-corrected chi connectivity index (χ2v) is 24.5. The quantitative estimate of drug-likeness (QED) is 0.0416. The Morgan fingerprint density at radius 1 is 0.480 bits per heavy atom. The summed E-state index contributed by atoms with van der Waals surface area (Å²) >= 11 is 18.5. The molecule has 28 heteroatoms. The van der Waals surface area contributed by atoms with Crippen LogP contribution in [0.5, 0.6) is 11.5 Å². The van der Waals surface area contributed by atoms with Gasteiger partial charge < -0.3 is 48.8 Å². The number of sulfone groups is 1. The Hall–Kier alpha value is -10.5. The fourth-order valence-corrected chi connectivity index (χ4v) is 10.7. The summed E-state index contributed by atoms with van der Waals surface area (Å²) in [5.41, 5.74) is 39.5. The molecule has 5 aromatic heterocycles. The van der Waals surface area contributed by atoms with Gasteiger partial charge in [-0.2, -0.15) is 9.97 Å². The smallest absolute Gasteiger partial charge is 0.222 e. The summed E-state index contributed by atoms with van der Waals surface area (Å²) < 4.78 is 73.4. The monoisotopic (exact) mass is 1410 g/mol. The Bertz CT molecular complexity index is 4680. The maximum Gasteiger partial charge on any atom is 0.222 e. The summed E-state index contributed by atoms with van der Waals surface area (Å²) in [7, 11) is 1.65. The number of nitrogen functional groups attached to an aromatic ring is 5. The fourth-order valence-electron chi connectivity index (χ4n) is 9.37. The molecule has 0 fully saturated rings. The van der Waals surface area contributed by atoms with Crippen LogP contribution in [-0.2, 0) is 35.5 Å². The lowest BCUT2D eigenvalue weighted by atomic mass is 10.1. The Kier molecular flexibility index (Phi) is 27.1. The van der Waals surface area contributed by atoms with Crippen LogP contribution in [-0.4, -0.2) is 92.3 Å². The number of nitrogens with zero attached hydrogens (tertiary/aromatic N) is 10. The molecular formula is C70H73Cl3F3N17O4S. The second kappa shape index (κ2) is 35.5. The van der Waals surface area contributed by atoms with E-state index < -0.39 is 21.5 Å². The van der Waals surface area contributed by atoms with Crippen molar-refractivity contribution in [1.82, 2.24) is 49.8 Å².